The number of carboxylic acid groups (broad SMARTS) is 1. The molecule has 2 aliphatic rings. The molecular weight excluding hydrogens is 486 g/mol. The minimum Gasteiger partial charge on any atom is -0.488 e. The summed E-state index contributed by atoms with van der Waals surface area (Å²) in [5, 5.41) is 12.6. The van der Waals surface area contributed by atoms with Gasteiger partial charge < -0.3 is 19.6 Å². The highest BCUT2D eigenvalue weighted by molar-refractivity contribution is 7.14. The van der Waals surface area contributed by atoms with Gasteiger partial charge in [0.15, 0.2) is 5.13 Å². The van der Waals surface area contributed by atoms with Crippen molar-refractivity contribution in [2.75, 3.05) is 32.1 Å². The van der Waals surface area contributed by atoms with Crippen molar-refractivity contribution in [2.24, 2.45) is 17.8 Å². The molecule has 194 valence electrons. The van der Waals surface area contributed by atoms with Crippen LogP contribution in [0.3, 0.4) is 0 Å². The van der Waals surface area contributed by atoms with Gasteiger partial charge in [-0.05, 0) is 73.9 Å². The maximum absolute atomic E-state index is 12.3. The van der Waals surface area contributed by atoms with Crippen LogP contribution in [-0.4, -0.2) is 54.1 Å². The molecule has 2 aromatic carbocycles. The summed E-state index contributed by atoms with van der Waals surface area (Å²) in [6.07, 6.45) is 1.96. The highest BCUT2D eigenvalue weighted by atomic mass is 32.1. The summed E-state index contributed by atoms with van der Waals surface area (Å²) >= 11 is 1.61. The van der Waals surface area contributed by atoms with Crippen LogP contribution in [0.1, 0.15) is 39.9 Å². The number of ether oxygens (including phenoxy) is 1. The molecule has 0 radical (unpaired) electrons. The molecule has 0 spiro atoms. The maximum atomic E-state index is 12.3. The molecule has 37 heavy (non-hydrogen) atoms. The van der Waals surface area contributed by atoms with E-state index in [1.807, 2.05) is 37.3 Å². The van der Waals surface area contributed by atoms with Crippen LogP contribution in [0, 0.1) is 31.6 Å². The number of aryl methyl sites for hydroxylation is 2. The van der Waals surface area contributed by atoms with Crippen molar-refractivity contribution in [1.82, 2.24) is 9.88 Å². The number of aliphatic carboxylic acids is 1. The van der Waals surface area contributed by atoms with Crippen LogP contribution < -0.4 is 9.64 Å². The second-order valence-electron chi connectivity index (χ2n) is 10.5. The first-order chi connectivity index (χ1) is 17.7. The third kappa shape index (κ3) is 5.07. The van der Waals surface area contributed by atoms with Crippen LogP contribution >= 0.6 is 11.3 Å². The Morgan fingerprint density at radius 1 is 1.11 bits per heavy atom. The Balaban J connectivity index is 1.33. The van der Waals surface area contributed by atoms with Gasteiger partial charge in [-0.2, -0.15) is 0 Å². The van der Waals surface area contributed by atoms with Gasteiger partial charge in [0.1, 0.15) is 12.4 Å². The zero-order chi connectivity index (χ0) is 26.3. The third-order valence-corrected chi connectivity index (χ3v) is 8.57. The summed E-state index contributed by atoms with van der Waals surface area (Å²) in [7, 11) is 3.50. The van der Waals surface area contributed by atoms with Crippen molar-refractivity contribution in [3.8, 4) is 17.0 Å². The van der Waals surface area contributed by atoms with E-state index >= 15 is 0 Å². The average Bonchev–Trinajstić information content (AvgIpc) is 3.46. The van der Waals surface area contributed by atoms with Crippen molar-refractivity contribution < 1.29 is 19.4 Å². The van der Waals surface area contributed by atoms with Crippen molar-refractivity contribution in [3.05, 3.63) is 64.0 Å². The van der Waals surface area contributed by atoms with Crippen LogP contribution in [0.5, 0.6) is 5.75 Å². The summed E-state index contributed by atoms with van der Waals surface area (Å²) in [5.41, 5.74) is 5.64. The highest BCUT2D eigenvalue weighted by Crippen LogP contribution is 2.44. The fourth-order valence-corrected chi connectivity index (χ4v) is 6.54. The van der Waals surface area contributed by atoms with Gasteiger partial charge in [-0.1, -0.05) is 17.7 Å². The summed E-state index contributed by atoms with van der Waals surface area (Å²) in [6, 6.07) is 11.8. The molecule has 3 aromatic rings. The van der Waals surface area contributed by atoms with Gasteiger partial charge in [0.05, 0.1) is 11.6 Å². The Morgan fingerprint density at radius 3 is 2.49 bits per heavy atom. The Bertz CT molecular complexity index is 1320. The molecule has 1 amide bonds. The Labute approximate surface area is 221 Å². The topological polar surface area (TPSA) is 83.0 Å². The number of carbonyl (C=O) groups excluding carboxylic acids is 1. The van der Waals surface area contributed by atoms with Crippen LogP contribution in [0.15, 0.2) is 41.8 Å². The van der Waals surface area contributed by atoms with Crippen LogP contribution in [-0.2, 0) is 11.4 Å². The van der Waals surface area contributed by atoms with E-state index in [2.05, 4.69) is 23.3 Å². The van der Waals surface area contributed by atoms with Crippen molar-refractivity contribution in [2.45, 2.75) is 33.3 Å². The SMILES string of the molecule is Cc1ccc(OCc2ccc(C(=O)N(C)C)cc2C)c(-c2csc(N3C[C@H]4CC[C@@H](C3)[C@H]4C(=O)O)n2)c1. The number of anilines is 1. The molecule has 3 atom stereocenters. The number of carboxylic acids is 1. The van der Waals surface area contributed by atoms with E-state index in [0.29, 0.717) is 12.2 Å². The van der Waals surface area contributed by atoms with Gasteiger partial charge in [0, 0.05) is 43.7 Å². The third-order valence-electron chi connectivity index (χ3n) is 7.67. The van der Waals surface area contributed by atoms with E-state index < -0.39 is 5.97 Å². The normalized spacial score (nSPS) is 20.6. The number of carbonyl (C=O) groups is 2. The number of hydrogen-bond acceptors (Lipinski definition) is 6. The van der Waals surface area contributed by atoms with E-state index in [0.717, 1.165) is 64.8 Å². The van der Waals surface area contributed by atoms with E-state index in [-0.39, 0.29) is 23.7 Å². The first-order valence-corrected chi connectivity index (χ1v) is 13.6. The molecular formula is C29H33N3O4S. The second-order valence-corrected chi connectivity index (χ2v) is 11.3. The Morgan fingerprint density at radius 2 is 1.84 bits per heavy atom. The lowest BCUT2D eigenvalue weighted by Crippen LogP contribution is -2.44. The Kier molecular flexibility index (Phi) is 6.94. The first kappa shape index (κ1) is 25.3. The van der Waals surface area contributed by atoms with E-state index in [1.165, 1.54) is 0 Å². The largest absolute Gasteiger partial charge is 0.488 e. The zero-order valence-electron chi connectivity index (χ0n) is 21.7. The molecule has 1 aromatic heterocycles. The first-order valence-electron chi connectivity index (χ1n) is 12.7. The molecule has 2 heterocycles. The molecule has 1 saturated heterocycles. The molecule has 8 heteroatoms. The predicted octanol–water partition coefficient (Wildman–Crippen LogP) is 5.25. The molecule has 1 aliphatic carbocycles. The van der Waals surface area contributed by atoms with E-state index in [9.17, 15) is 14.7 Å². The van der Waals surface area contributed by atoms with Gasteiger partial charge in [-0.3, -0.25) is 9.59 Å². The summed E-state index contributed by atoms with van der Waals surface area (Å²) < 4.78 is 6.29. The molecule has 2 bridgehead atoms. The predicted molar refractivity (Wildman–Crippen MR) is 145 cm³/mol. The molecule has 1 aliphatic heterocycles. The summed E-state index contributed by atoms with van der Waals surface area (Å²) in [6.45, 7) is 5.95. The minimum atomic E-state index is -0.650. The number of fused-ring (bicyclic) bond motifs is 2. The highest BCUT2D eigenvalue weighted by Gasteiger charge is 2.46. The quantitative estimate of drug-likeness (QED) is 0.459. The monoisotopic (exact) mass is 519 g/mol. The molecule has 7 nitrogen and oxygen atoms in total. The van der Waals surface area contributed by atoms with E-state index in [4.69, 9.17) is 9.72 Å². The van der Waals surface area contributed by atoms with Crippen LogP contribution in [0.25, 0.3) is 11.3 Å². The zero-order valence-corrected chi connectivity index (χ0v) is 22.5. The standard InChI is InChI=1S/C29H33N3O4S/c1-17-5-10-25(36-15-22-9-6-19(12-18(22)2)27(33)31(3)4)23(11-17)24-16-37-29(30-24)32-13-20-7-8-21(14-32)26(20)28(34)35/h5-6,9-12,16,20-21,26H,7-8,13-15H2,1-4H3,(H,34,35)/t20-,21+,26+. The average molecular weight is 520 g/mol. The van der Waals surface area contributed by atoms with Crippen LogP contribution in [0.2, 0.25) is 0 Å². The second kappa shape index (κ2) is 10.2. The van der Waals surface area contributed by atoms with E-state index in [1.54, 1.807) is 30.3 Å². The molecule has 5 rings (SSSR count). The number of aromatic nitrogens is 1. The van der Waals surface area contributed by atoms with Gasteiger partial charge in [0.2, 0.25) is 0 Å². The molecule has 1 saturated carbocycles. The van der Waals surface area contributed by atoms with Crippen molar-refractivity contribution in [1.29, 1.82) is 0 Å². The number of hydrogen-bond donors (Lipinski definition) is 1. The van der Waals surface area contributed by atoms with Gasteiger partial charge in [0.25, 0.3) is 5.91 Å². The lowest BCUT2D eigenvalue weighted by Gasteiger charge is -2.35. The van der Waals surface area contributed by atoms with Crippen molar-refractivity contribution >= 4 is 28.3 Å². The molecule has 1 N–H and O–H groups in total. The van der Waals surface area contributed by atoms with Crippen molar-refractivity contribution in [3.63, 3.8) is 0 Å². The lowest BCUT2D eigenvalue weighted by atomic mass is 9.85. The summed E-state index contributed by atoms with van der Waals surface area (Å²) in [4.78, 5) is 32.8. The van der Waals surface area contributed by atoms with Gasteiger partial charge in [-0.15, -0.1) is 11.3 Å². The van der Waals surface area contributed by atoms with Gasteiger partial charge in [-0.25, -0.2) is 4.98 Å². The van der Waals surface area contributed by atoms with Gasteiger partial charge >= 0.3 is 5.97 Å². The fourth-order valence-electron chi connectivity index (χ4n) is 5.69. The number of thiazole rings is 1. The number of benzene rings is 2. The maximum Gasteiger partial charge on any atom is 0.307 e. The molecule has 2 fully saturated rings. The Hall–Kier alpha value is -3.39. The summed E-state index contributed by atoms with van der Waals surface area (Å²) in [5.74, 6) is 0.276. The number of amides is 1. The number of rotatable bonds is 7. The lowest BCUT2D eigenvalue weighted by molar-refractivity contribution is -0.144. The number of piperidine rings is 1. The number of nitrogens with zero attached hydrogens (tertiary/aromatic N) is 3. The smallest absolute Gasteiger partial charge is 0.307 e. The minimum absolute atomic E-state index is 0.0177. The fraction of sp³-hybridized carbons (Fsp3) is 0.414. The van der Waals surface area contributed by atoms with Crippen LogP contribution in [0.4, 0.5) is 5.13 Å². The molecule has 0 unspecified atom stereocenters.